The number of carbonyl (C=O) groups is 5. The number of benzene rings is 2. The molecule has 2 heterocycles. The first-order valence-electron chi connectivity index (χ1n) is 13.8. The first-order chi connectivity index (χ1) is 21.7. The molecule has 2 aromatic carbocycles. The average molecular weight is 656 g/mol. The Morgan fingerprint density at radius 1 is 0.804 bits per heavy atom. The van der Waals surface area contributed by atoms with Crippen LogP contribution < -0.4 is 29.9 Å². The monoisotopic (exact) mass is 655 g/mol. The summed E-state index contributed by atoms with van der Waals surface area (Å²) in [5.74, 6) is -5.62. The second-order valence-electron chi connectivity index (χ2n) is 11.0. The fourth-order valence-electron chi connectivity index (χ4n) is 5.51. The molecule has 17 heteroatoms. The maximum absolute atomic E-state index is 13.3. The SMILES string of the molecule is Cc1ccc(N(CC(=O)O)CC(=O)O)c(OC2C(Oc3cc4cc(C)[nH]c4cc3N(CC(=O)O)CC(=O)O)C23NC(=S)NC3=O)c1. The number of hydrogen-bond acceptors (Lipinski definition) is 10. The van der Waals surface area contributed by atoms with Crippen molar-refractivity contribution < 1.29 is 53.9 Å². The minimum atomic E-state index is -1.59. The molecular formula is C29H29N5O11S. The number of aromatic amines is 1. The zero-order valence-electron chi connectivity index (χ0n) is 24.4. The molecule has 1 amide bonds. The number of carboxylic acid groups (broad SMARTS) is 4. The van der Waals surface area contributed by atoms with Gasteiger partial charge in [0.25, 0.3) is 5.91 Å². The van der Waals surface area contributed by atoms with Crippen LogP contribution in [-0.4, -0.2) is 104 Å². The Morgan fingerprint density at radius 3 is 1.83 bits per heavy atom. The van der Waals surface area contributed by atoms with Crippen molar-refractivity contribution in [3.63, 3.8) is 0 Å². The number of aromatic nitrogens is 1. The van der Waals surface area contributed by atoms with Gasteiger partial charge in [-0.25, -0.2) is 0 Å². The number of nitrogens with zero attached hydrogens (tertiary/aromatic N) is 2. The summed E-state index contributed by atoms with van der Waals surface area (Å²) < 4.78 is 12.7. The van der Waals surface area contributed by atoms with Crippen molar-refractivity contribution >= 4 is 69.4 Å². The maximum Gasteiger partial charge on any atom is 0.323 e. The number of anilines is 2. The van der Waals surface area contributed by atoms with Crippen molar-refractivity contribution in [3.05, 3.63) is 47.7 Å². The standard InChI is InChI=1S/C29H29N5O11S/c1-13-3-4-17(33(9-21(35)36)10-22(37)38)19(5-13)44-25-26(29(25)27(43)31-28(46)32-29)45-20-7-15-6-14(2)30-16(15)8-18(20)34(11-23(39)40)12-24(41)42/h3-8,25-26,30H,9-12H2,1-2H3,(H,35,36)(H,37,38)(H,39,40)(H,41,42)(H2,31,32,43,46). The molecule has 1 aliphatic carbocycles. The molecule has 242 valence electrons. The van der Waals surface area contributed by atoms with Gasteiger partial charge in [0.05, 0.1) is 11.4 Å². The molecule has 1 aliphatic heterocycles. The van der Waals surface area contributed by atoms with Crippen LogP contribution in [-0.2, 0) is 24.0 Å². The number of nitrogens with one attached hydrogen (secondary N) is 3. The van der Waals surface area contributed by atoms with Gasteiger partial charge in [0.15, 0.2) is 17.3 Å². The zero-order chi connectivity index (χ0) is 33.5. The number of aryl methyl sites for hydroxylation is 2. The number of aliphatic carboxylic acids is 4. The van der Waals surface area contributed by atoms with Gasteiger partial charge in [-0.15, -0.1) is 0 Å². The molecule has 5 rings (SSSR count). The molecule has 46 heavy (non-hydrogen) atoms. The molecular weight excluding hydrogens is 626 g/mol. The summed E-state index contributed by atoms with van der Waals surface area (Å²) in [6.07, 6.45) is -2.24. The first-order valence-corrected chi connectivity index (χ1v) is 14.2. The minimum absolute atomic E-state index is 0.0112. The number of fused-ring (bicyclic) bond motifs is 1. The van der Waals surface area contributed by atoms with Crippen LogP contribution in [0.15, 0.2) is 36.4 Å². The molecule has 2 aliphatic rings. The quantitative estimate of drug-likeness (QED) is 0.118. The predicted octanol–water partition coefficient (Wildman–Crippen LogP) is 0.688. The number of amides is 1. The molecule has 0 bridgehead atoms. The summed E-state index contributed by atoms with van der Waals surface area (Å²) in [5, 5.41) is 44.0. The largest absolute Gasteiger partial charge is 0.481 e. The van der Waals surface area contributed by atoms with Crippen LogP contribution >= 0.6 is 12.2 Å². The Morgan fingerprint density at radius 2 is 1.33 bits per heavy atom. The van der Waals surface area contributed by atoms with Crippen LogP contribution in [0.4, 0.5) is 11.4 Å². The second-order valence-corrected chi connectivity index (χ2v) is 11.4. The van der Waals surface area contributed by atoms with Gasteiger partial charge in [-0.05, 0) is 62.0 Å². The number of hydrogen-bond donors (Lipinski definition) is 7. The van der Waals surface area contributed by atoms with E-state index in [1.54, 1.807) is 44.2 Å². The lowest BCUT2D eigenvalue weighted by Gasteiger charge is -2.24. The van der Waals surface area contributed by atoms with Crippen LogP contribution in [0.25, 0.3) is 10.9 Å². The van der Waals surface area contributed by atoms with Crippen molar-refractivity contribution in [1.29, 1.82) is 0 Å². The molecule has 3 aromatic rings. The fraction of sp³-hybridized carbons (Fsp3) is 0.310. The van der Waals surface area contributed by atoms with E-state index in [4.69, 9.17) is 21.7 Å². The van der Waals surface area contributed by atoms with Gasteiger partial charge in [-0.3, -0.25) is 24.0 Å². The molecule has 1 saturated carbocycles. The fourth-order valence-corrected chi connectivity index (χ4v) is 5.77. The summed E-state index contributed by atoms with van der Waals surface area (Å²) in [6.45, 7) is 0.864. The molecule has 7 N–H and O–H groups in total. The zero-order valence-corrected chi connectivity index (χ0v) is 25.2. The minimum Gasteiger partial charge on any atom is -0.481 e. The van der Waals surface area contributed by atoms with E-state index < -0.39 is 73.7 Å². The molecule has 3 atom stereocenters. The Labute approximate surface area is 265 Å². The summed E-state index contributed by atoms with van der Waals surface area (Å²) in [4.78, 5) is 65.2. The summed E-state index contributed by atoms with van der Waals surface area (Å²) >= 11 is 5.20. The van der Waals surface area contributed by atoms with E-state index in [-0.39, 0.29) is 28.0 Å². The average Bonchev–Trinajstić information content (AvgIpc) is 3.16. The number of carbonyl (C=O) groups excluding carboxylic acids is 1. The number of carboxylic acids is 4. The molecule has 1 aromatic heterocycles. The van der Waals surface area contributed by atoms with E-state index in [0.717, 1.165) is 15.5 Å². The summed E-state index contributed by atoms with van der Waals surface area (Å²) in [5.41, 5.74) is 0.699. The number of H-pyrrole nitrogens is 1. The smallest absolute Gasteiger partial charge is 0.323 e. The third kappa shape index (κ3) is 6.30. The van der Waals surface area contributed by atoms with Crippen molar-refractivity contribution in [3.8, 4) is 11.5 Å². The Balaban J connectivity index is 1.57. The highest BCUT2D eigenvalue weighted by atomic mass is 32.1. The van der Waals surface area contributed by atoms with E-state index in [1.165, 1.54) is 6.07 Å². The number of rotatable bonds is 14. The van der Waals surface area contributed by atoms with E-state index in [9.17, 15) is 44.4 Å². The molecule has 16 nitrogen and oxygen atoms in total. The van der Waals surface area contributed by atoms with Crippen LogP contribution in [0.1, 0.15) is 11.3 Å². The van der Waals surface area contributed by atoms with Gasteiger partial charge in [-0.1, -0.05) is 6.07 Å². The molecule has 2 fully saturated rings. The van der Waals surface area contributed by atoms with Gasteiger partial charge < -0.3 is 55.3 Å². The molecule has 0 radical (unpaired) electrons. The molecule has 1 spiro atoms. The van der Waals surface area contributed by atoms with Gasteiger partial charge in [0.2, 0.25) is 5.54 Å². The van der Waals surface area contributed by atoms with E-state index in [1.807, 2.05) is 0 Å². The van der Waals surface area contributed by atoms with Crippen molar-refractivity contribution in [2.24, 2.45) is 0 Å². The van der Waals surface area contributed by atoms with E-state index in [2.05, 4.69) is 15.6 Å². The Hall–Kier alpha value is -5.58. The van der Waals surface area contributed by atoms with Crippen molar-refractivity contribution in [2.75, 3.05) is 36.0 Å². The summed E-state index contributed by atoms with van der Waals surface area (Å²) in [6, 6.07) is 9.64. The van der Waals surface area contributed by atoms with E-state index in [0.29, 0.717) is 16.5 Å². The second kappa shape index (κ2) is 12.1. The first kappa shape index (κ1) is 31.8. The third-order valence-corrected chi connectivity index (χ3v) is 7.63. The lowest BCUT2D eigenvalue weighted by molar-refractivity contribution is -0.138. The van der Waals surface area contributed by atoms with Crippen LogP contribution in [0.2, 0.25) is 0 Å². The van der Waals surface area contributed by atoms with Crippen LogP contribution in [0.5, 0.6) is 11.5 Å². The highest BCUT2D eigenvalue weighted by Crippen LogP contribution is 2.48. The maximum atomic E-state index is 13.3. The topological polar surface area (TPSA) is 231 Å². The predicted molar refractivity (Wildman–Crippen MR) is 165 cm³/mol. The number of thiocarbonyl (C=S) groups is 1. The Bertz CT molecular complexity index is 1760. The lowest BCUT2D eigenvalue weighted by atomic mass is 10.2. The van der Waals surface area contributed by atoms with Gasteiger partial charge in [0, 0.05) is 16.6 Å². The van der Waals surface area contributed by atoms with Crippen molar-refractivity contribution in [2.45, 2.75) is 31.6 Å². The van der Waals surface area contributed by atoms with Crippen LogP contribution in [0, 0.1) is 13.8 Å². The lowest BCUT2D eigenvalue weighted by Crippen LogP contribution is -2.40. The van der Waals surface area contributed by atoms with Gasteiger partial charge >= 0.3 is 23.9 Å². The highest BCUT2D eigenvalue weighted by Gasteiger charge is 2.78. The van der Waals surface area contributed by atoms with Gasteiger partial charge in [-0.2, -0.15) is 0 Å². The van der Waals surface area contributed by atoms with Crippen LogP contribution in [0.3, 0.4) is 0 Å². The normalized spacial score (nSPS) is 19.8. The third-order valence-electron chi connectivity index (χ3n) is 7.43. The highest BCUT2D eigenvalue weighted by molar-refractivity contribution is 7.80. The molecule has 1 saturated heterocycles. The molecule has 3 unspecified atom stereocenters. The number of ether oxygens (including phenoxy) is 2. The Kier molecular flexibility index (Phi) is 8.36. The van der Waals surface area contributed by atoms with Crippen molar-refractivity contribution in [1.82, 2.24) is 15.6 Å². The van der Waals surface area contributed by atoms with E-state index >= 15 is 0 Å². The summed E-state index contributed by atoms with van der Waals surface area (Å²) in [7, 11) is 0. The van der Waals surface area contributed by atoms with Gasteiger partial charge in [0.1, 0.15) is 37.7 Å².